The van der Waals surface area contributed by atoms with E-state index in [2.05, 4.69) is 49.5 Å². The van der Waals surface area contributed by atoms with Crippen LogP contribution in [0.25, 0.3) is 0 Å². The minimum Gasteiger partial charge on any atom is -0.314 e. The van der Waals surface area contributed by atoms with Gasteiger partial charge in [-0.3, -0.25) is 0 Å². The normalized spacial score (nSPS) is 26.3. The minimum atomic E-state index is 0.669. The summed E-state index contributed by atoms with van der Waals surface area (Å²) in [7, 11) is 0. The maximum atomic E-state index is 3.59. The van der Waals surface area contributed by atoms with Gasteiger partial charge in [-0.1, -0.05) is 37.3 Å². The van der Waals surface area contributed by atoms with E-state index in [1.807, 2.05) is 0 Å². The summed E-state index contributed by atoms with van der Waals surface area (Å²) in [6, 6.07) is 11.6. The van der Waals surface area contributed by atoms with E-state index in [4.69, 9.17) is 0 Å². The zero-order chi connectivity index (χ0) is 10.7. The third-order valence-electron chi connectivity index (χ3n) is 3.49. The average Bonchev–Trinajstić information content (AvgIpc) is 3.06. The summed E-state index contributed by atoms with van der Waals surface area (Å²) in [5.41, 5.74) is 1.52. The van der Waals surface area contributed by atoms with Crippen LogP contribution in [-0.2, 0) is 0 Å². The second-order valence-electron chi connectivity index (χ2n) is 4.73. The van der Waals surface area contributed by atoms with Crippen molar-refractivity contribution in [3.05, 3.63) is 35.9 Å². The van der Waals surface area contributed by atoms with E-state index in [-0.39, 0.29) is 0 Å². The van der Waals surface area contributed by atoms with Crippen molar-refractivity contribution < 1.29 is 0 Å². The summed E-state index contributed by atoms with van der Waals surface area (Å²) >= 11 is 0. The third kappa shape index (κ3) is 2.82. The molecule has 0 bridgehead atoms. The summed E-state index contributed by atoms with van der Waals surface area (Å²) < 4.78 is 0. The molecule has 1 nitrogen and oxygen atoms in total. The molecule has 1 N–H and O–H groups in total. The summed E-state index contributed by atoms with van der Waals surface area (Å²) in [6.07, 6.45) is 2.59. The van der Waals surface area contributed by atoms with Crippen LogP contribution >= 0.6 is 0 Å². The van der Waals surface area contributed by atoms with Crippen LogP contribution in [0.1, 0.15) is 38.2 Å². The second-order valence-corrected chi connectivity index (χ2v) is 4.73. The molecular weight excluding hydrogens is 182 g/mol. The predicted molar refractivity (Wildman–Crippen MR) is 65.0 cm³/mol. The first kappa shape index (κ1) is 10.7. The van der Waals surface area contributed by atoms with Gasteiger partial charge < -0.3 is 5.32 Å². The quantitative estimate of drug-likeness (QED) is 0.775. The fourth-order valence-corrected chi connectivity index (χ4v) is 2.08. The molecule has 0 unspecified atom stereocenters. The molecule has 0 aromatic heterocycles. The van der Waals surface area contributed by atoms with Crippen molar-refractivity contribution in [2.75, 3.05) is 6.54 Å². The number of rotatable bonds is 5. The monoisotopic (exact) mass is 203 g/mol. The highest BCUT2D eigenvalue weighted by molar-refractivity contribution is 5.25. The van der Waals surface area contributed by atoms with E-state index < -0.39 is 0 Å². The van der Waals surface area contributed by atoms with Gasteiger partial charge in [-0.15, -0.1) is 0 Å². The molecule has 0 saturated heterocycles. The summed E-state index contributed by atoms with van der Waals surface area (Å²) in [6.45, 7) is 5.69. The molecule has 3 atom stereocenters. The van der Waals surface area contributed by atoms with Gasteiger partial charge in [0.25, 0.3) is 0 Å². The van der Waals surface area contributed by atoms with Gasteiger partial charge in [-0.2, -0.15) is 0 Å². The molecule has 1 saturated carbocycles. The van der Waals surface area contributed by atoms with Crippen LogP contribution in [0.2, 0.25) is 0 Å². The molecule has 82 valence electrons. The first-order valence-corrected chi connectivity index (χ1v) is 6.09. The van der Waals surface area contributed by atoms with Gasteiger partial charge in [-0.05, 0) is 43.7 Å². The van der Waals surface area contributed by atoms with Crippen molar-refractivity contribution in [3.63, 3.8) is 0 Å². The third-order valence-corrected chi connectivity index (χ3v) is 3.49. The molecule has 0 amide bonds. The zero-order valence-electron chi connectivity index (χ0n) is 9.74. The number of hydrogen-bond donors (Lipinski definition) is 1. The van der Waals surface area contributed by atoms with E-state index in [1.165, 1.54) is 24.9 Å². The van der Waals surface area contributed by atoms with Crippen LogP contribution in [-0.4, -0.2) is 12.6 Å². The van der Waals surface area contributed by atoms with Gasteiger partial charge in [0.05, 0.1) is 0 Å². The molecule has 1 aromatic carbocycles. The van der Waals surface area contributed by atoms with Crippen molar-refractivity contribution in [3.8, 4) is 0 Å². The largest absolute Gasteiger partial charge is 0.314 e. The van der Waals surface area contributed by atoms with E-state index in [0.29, 0.717) is 6.04 Å². The molecule has 0 aliphatic heterocycles. The molecule has 1 aliphatic carbocycles. The van der Waals surface area contributed by atoms with Crippen molar-refractivity contribution in [1.82, 2.24) is 5.32 Å². The Morgan fingerprint density at radius 3 is 2.73 bits per heavy atom. The fourth-order valence-electron chi connectivity index (χ4n) is 2.08. The van der Waals surface area contributed by atoms with Crippen LogP contribution in [0, 0.1) is 5.92 Å². The molecule has 1 heteroatoms. The van der Waals surface area contributed by atoms with Crippen molar-refractivity contribution in [1.29, 1.82) is 0 Å². The van der Waals surface area contributed by atoms with Gasteiger partial charge in [0.1, 0.15) is 0 Å². The van der Waals surface area contributed by atoms with Crippen molar-refractivity contribution >= 4 is 0 Å². The molecule has 15 heavy (non-hydrogen) atoms. The van der Waals surface area contributed by atoms with Gasteiger partial charge in [0, 0.05) is 6.04 Å². The van der Waals surface area contributed by atoms with Crippen molar-refractivity contribution in [2.45, 2.75) is 38.6 Å². The minimum absolute atomic E-state index is 0.669. The van der Waals surface area contributed by atoms with Crippen molar-refractivity contribution in [2.24, 2.45) is 5.92 Å². The summed E-state index contributed by atoms with van der Waals surface area (Å²) in [5, 5.41) is 3.59. The summed E-state index contributed by atoms with van der Waals surface area (Å²) in [4.78, 5) is 0. The van der Waals surface area contributed by atoms with Crippen LogP contribution in [0.3, 0.4) is 0 Å². The lowest BCUT2D eigenvalue weighted by Gasteiger charge is -2.10. The lowest BCUT2D eigenvalue weighted by atomic mass is 10.1. The highest BCUT2D eigenvalue weighted by Crippen LogP contribution is 2.46. The summed E-state index contributed by atoms with van der Waals surface area (Å²) in [5.74, 6) is 1.70. The Kier molecular flexibility index (Phi) is 3.42. The number of nitrogens with one attached hydrogen (secondary N) is 1. The Morgan fingerprint density at radius 2 is 2.07 bits per heavy atom. The maximum absolute atomic E-state index is 3.59. The molecule has 1 aliphatic rings. The topological polar surface area (TPSA) is 12.0 Å². The number of hydrogen-bond acceptors (Lipinski definition) is 1. The Bertz CT molecular complexity index is 293. The van der Waals surface area contributed by atoms with Crippen LogP contribution < -0.4 is 5.32 Å². The molecule has 1 aromatic rings. The van der Waals surface area contributed by atoms with E-state index in [1.54, 1.807) is 0 Å². The molecule has 0 spiro atoms. The standard InChI is InChI=1S/C14H21N/c1-3-11(2)15-10-13-9-14(13)12-7-5-4-6-8-12/h4-8,11,13-15H,3,9-10H2,1-2H3/t11-,13+,14+/m1/s1. The first-order valence-electron chi connectivity index (χ1n) is 6.09. The molecular formula is C14H21N. The lowest BCUT2D eigenvalue weighted by Crippen LogP contribution is -2.27. The lowest BCUT2D eigenvalue weighted by molar-refractivity contribution is 0.512. The van der Waals surface area contributed by atoms with Crippen LogP contribution in [0.5, 0.6) is 0 Å². The Balaban J connectivity index is 1.77. The highest BCUT2D eigenvalue weighted by Gasteiger charge is 2.37. The Labute approximate surface area is 92.9 Å². The highest BCUT2D eigenvalue weighted by atomic mass is 14.9. The average molecular weight is 203 g/mol. The van der Waals surface area contributed by atoms with E-state index in [0.717, 1.165) is 11.8 Å². The van der Waals surface area contributed by atoms with Gasteiger partial charge in [0.2, 0.25) is 0 Å². The number of benzene rings is 1. The molecule has 1 fully saturated rings. The SMILES string of the molecule is CC[C@@H](C)NC[C@@H]1C[C@H]1c1ccccc1. The smallest absolute Gasteiger partial charge is 0.00362 e. The Hall–Kier alpha value is -0.820. The second kappa shape index (κ2) is 4.80. The molecule has 2 rings (SSSR count). The van der Waals surface area contributed by atoms with E-state index >= 15 is 0 Å². The van der Waals surface area contributed by atoms with Gasteiger partial charge in [-0.25, -0.2) is 0 Å². The van der Waals surface area contributed by atoms with Gasteiger partial charge in [0.15, 0.2) is 0 Å². The fraction of sp³-hybridized carbons (Fsp3) is 0.571. The first-order chi connectivity index (χ1) is 7.31. The Morgan fingerprint density at radius 1 is 1.33 bits per heavy atom. The molecule has 0 radical (unpaired) electrons. The van der Waals surface area contributed by atoms with Gasteiger partial charge >= 0.3 is 0 Å². The maximum Gasteiger partial charge on any atom is 0.00362 e. The zero-order valence-corrected chi connectivity index (χ0v) is 9.74. The van der Waals surface area contributed by atoms with Crippen LogP contribution in [0.15, 0.2) is 30.3 Å². The predicted octanol–water partition coefficient (Wildman–Crippen LogP) is 3.18. The van der Waals surface area contributed by atoms with E-state index in [9.17, 15) is 0 Å². The molecule has 0 heterocycles. The van der Waals surface area contributed by atoms with Crippen LogP contribution in [0.4, 0.5) is 0 Å².